The SMILES string of the molecule is c1ccc(-c2nnc(CC34CC5CC(CC(C5)C3)C4)o2)nc1. The van der Waals surface area contributed by atoms with Crippen LogP contribution in [0.25, 0.3) is 11.6 Å². The number of pyridine rings is 1. The topological polar surface area (TPSA) is 51.8 Å². The smallest absolute Gasteiger partial charge is 0.266 e. The highest BCUT2D eigenvalue weighted by atomic mass is 16.4. The fourth-order valence-electron chi connectivity index (χ4n) is 5.75. The molecule has 0 saturated heterocycles. The van der Waals surface area contributed by atoms with Crippen LogP contribution >= 0.6 is 0 Å². The fourth-order valence-corrected chi connectivity index (χ4v) is 5.75. The second-order valence-corrected chi connectivity index (χ2v) is 7.81. The molecule has 0 unspecified atom stereocenters. The first-order valence-electron chi connectivity index (χ1n) is 8.52. The van der Waals surface area contributed by atoms with E-state index in [-0.39, 0.29) is 0 Å². The summed E-state index contributed by atoms with van der Waals surface area (Å²) in [5, 5.41) is 8.52. The Morgan fingerprint density at radius 3 is 2.36 bits per heavy atom. The van der Waals surface area contributed by atoms with Gasteiger partial charge in [-0.05, 0) is 73.8 Å². The molecule has 4 aliphatic rings. The van der Waals surface area contributed by atoms with Gasteiger partial charge in [0.15, 0.2) is 0 Å². The maximum atomic E-state index is 5.92. The summed E-state index contributed by atoms with van der Waals surface area (Å²) in [6.07, 6.45) is 11.3. The van der Waals surface area contributed by atoms with Gasteiger partial charge in [-0.25, -0.2) is 0 Å². The monoisotopic (exact) mass is 295 g/mol. The highest BCUT2D eigenvalue weighted by molar-refractivity contribution is 5.44. The van der Waals surface area contributed by atoms with Gasteiger partial charge >= 0.3 is 0 Å². The second kappa shape index (κ2) is 4.64. The summed E-state index contributed by atoms with van der Waals surface area (Å²) in [6.45, 7) is 0. The maximum absolute atomic E-state index is 5.92. The zero-order valence-electron chi connectivity index (χ0n) is 12.7. The lowest BCUT2D eigenvalue weighted by molar-refractivity contribution is -0.0550. The molecule has 4 heteroatoms. The van der Waals surface area contributed by atoms with Gasteiger partial charge in [-0.3, -0.25) is 4.98 Å². The van der Waals surface area contributed by atoms with Crippen LogP contribution in [0.15, 0.2) is 28.8 Å². The van der Waals surface area contributed by atoms with Gasteiger partial charge in [0.1, 0.15) is 5.69 Å². The molecule has 2 heterocycles. The molecule has 4 saturated carbocycles. The van der Waals surface area contributed by atoms with Crippen LogP contribution in [0.1, 0.15) is 44.4 Å². The van der Waals surface area contributed by atoms with Crippen molar-refractivity contribution in [1.29, 1.82) is 0 Å². The van der Waals surface area contributed by atoms with Gasteiger partial charge in [-0.2, -0.15) is 0 Å². The molecular weight excluding hydrogens is 274 g/mol. The zero-order chi connectivity index (χ0) is 14.6. The summed E-state index contributed by atoms with van der Waals surface area (Å²) in [7, 11) is 0. The van der Waals surface area contributed by atoms with E-state index in [0.717, 1.165) is 35.8 Å². The molecule has 0 radical (unpaired) electrons. The molecular formula is C18H21N3O. The molecule has 2 aromatic rings. The Morgan fingerprint density at radius 1 is 1.00 bits per heavy atom. The molecule has 22 heavy (non-hydrogen) atoms. The van der Waals surface area contributed by atoms with E-state index in [0.29, 0.717) is 11.3 Å². The summed E-state index contributed by atoms with van der Waals surface area (Å²) >= 11 is 0. The van der Waals surface area contributed by atoms with E-state index in [2.05, 4.69) is 15.2 Å². The molecule has 0 spiro atoms. The third-order valence-corrected chi connectivity index (χ3v) is 6.04. The molecule has 0 aromatic carbocycles. The number of aromatic nitrogens is 3. The average Bonchev–Trinajstić information content (AvgIpc) is 2.94. The minimum atomic E-state index is 0.447. The van der Waals surface area contributed by atoms with Crippen molar-refractivity contribution in [3.63, 3.8) is 0 Å². The van der Waals surface area contributed by atoms with Crippen molar-refractivity contribution < 1.29 is 4.42 Å². The second-order valence-electron chi connectivity index (χ2n) is 7.81. The number of hydrogen-bond donors (Lipinski definition) is 0. The molecule has 4 bridgehead atoms. The number of hydrogen-bond acceptors (Lipinski definition) is 4. The van der Waals surface area contributed by atoms with E-state index in [9.17, 15) is 0 Å². The van der Waals surface area contributed by atoms with Gasteiger partial charge in [0.25, 0.3) is 5.89 Å². The minimum Gasteiger partial charge on any atom is -0.419 e. The Bertz CT molecular complexity index is 643. The van der Waals surface area contributed by atoms with Gasteiger partial charge < -0.3 is 4.42 Å². The Balaban J connectivity index is 1.39. The van der Waals surface area contributed by atoms with E-state index in [1.807, 2.05) is 18.2 Å². The Morgan fingerprint density at radius 2 is 1.73 bits per heavy atom. The van der Waals surface area contributed by atoms with Crippen LogP contribution in [0.4, 0.5) is 0 Å². The molecule has 6 rings (SSSR count). The van der Waals surface area contributed by atoms with Crippen LogP contribution in [0.2, 0.25) is 0 Å². The summed E-state index contributed by atoms with van der Waals surface area (Å²) in [5.74, 6) is 4.25. The molecule has 2 aromatic heterocycles. The summed E-state index contributed by atoms with van der Waals surface area (Å²) < 4.78 is 5.92. The van der Waals surface area contributed by atoms with E-state index in [4.69, 9.17) is 4.42 Å². The van der Waals surface area contributed by atoms with Crippen molar-refractivity contribution >= 4 is 0 Å². The van der Waals surface area contributed by atoms with Crippen molar-refractivity contribution in [3.8, 4) is 11.6 Å². The van der Waals surface area contributed by atoms with Crippen LogP contribution in [0, 0.1) is 23.2 Å². The molecule has 114 valence electrons. The maximum Gasteiger partial charge on any atom is 0.266 e. The van der Waals surface area contributed by atoms with Crippen molar-refractivity contribution in [3.05, 3.63) is 30.3 Å². The third kappa shape index (κ3) is 2.08. The predicted octanol–water partition coefficient (Wildman–Crippen LogP) is 3.89. The first kappa shape index (κ1) is 12.8. The van der Waals surface area contributed by atoms with Crippen LogP contribution < -0.4 is 0 Å². The lowest BCUT2D eigenvalue weighted by Gasteiger charge is -2.56. The molecule has 4 nitrogen and oxygen atoms in total. The van der Waals surface area contributed by atoms with Gasteiger partial charge in [0.05, 0.1) is 0 Å². The number of nitrogens with zero attached hydrogens (tertiary/aromatic N) is 3. The summed E-state index contributed by atoms with van der Waals surface area (Å²) in [4.78, 5) is 4.29. The van der Waals surface area contributed by atoms with E-state index >= 15 is 0 Å². The molecule has 0 N–H and O–H groups in total. The standard InChI is InChI=1S/C18H21N3O/c1-2-4-19-15(3-1)17-21-20-16(22-17)11-18-8-12-5-13(9-18)7-14(6-12)10-18/h1-4,12-14H,5-11H2. The lowest BCUT2D eigenvalue weighted by Crippen LogP contribution is -2.47. The van der Waals surface area contributed by atoms with Gasteiger partial charge in [-0.15, -0.1) is 10.2 Å². The lowest BCUT2D eigenvalue weighted by atomic mass is 9.49. The molecule has 4 fully saturated rings. The van der Waals surface area contributed by atoms with E-state index < -0.39 is 0 Å². The molecule has 0 amide bonds. The average molecular weight is 295 g/mol. The van der Waals surface area contributed by atoms with Crippen molar-refractivity contribution in [2.24, 2.45) is 23.2 Å². The quantitative estimate of drug-likeness (QED) is 0.862. The highest BCUT2D eigenvalue weighted by Gasteiger charge is 2.51. The van der Waals surface area contributed by atoms with Gasteiger partial charge in [0.2, 0.25) is 5.89 Å². The summed E-state index contributed by atoms with van der Waals surface area (Å²) in [5.41, 5.74) is 1.22. The molecule has 0 atom stereocenters. The fraction of sp³-hybridized carbons (Fsp3) is 0.611. The third-order valence-electron chi connectivity index (χ3n) is 6.04. The van der Waals surface area contributed by atoms with Crippen molar-refractivity contribution in [2.45, 2.75) is 44.9 Å². The molecule has 4 aliphatic carbocycles. The van der Waals surface area contributed by atoms with Crippen LogP contribution in [0.3, 0.4) is 0 Å². The Hall–Kier alpha value is -1.71. The minimum absolute atomic E-state index is 0.447. The van der Waals surface area contributed by atoms with E-state index in [1.54, 1.807) is 6.20 Å². The summed E-state index contributed by atoms with van der Waals surface area (Å²) in [6, 6.07) is 5.77. The highest BCUT2D eigenvalue weighted by Crippen LogP contribution is 2.60. The van der Waals surface area contributed by atoms with Crippen LogP contribution in [0.5, 0.6) is 0 Å². The number of rotatable bonds is 3. The van der Waals surface area contributed by atoms with Crippen LogP contribution in [-0.4, -0.2) is 15.2 Å². The van der Waals surface area contributed by atoms with Gasteiger partial charge in [-0.1, -0.05) is 6.07 Å². The first-order chi connectivity index (χ1) is 10.8. The van der Waals surface area contributed by atoms with Gasteiger partial charge in [0, 0.05) is 12.6 Å². The zero-order valence-corrected chi connectivity index (χ0v) is 12.7. The Kier molecular flexibility index (Phi) is 2.70. The van der Waals surface area contributed by atoms with Crippen molar-refractivity contribution in [2.75, 3.05) is 0 Å². The van der Waals surface area contributed by atoms with Crippen LogP contribution in [-0.2, 0) is 6.42 Å². The normalized spacial score (nSPS) is 35.9. The largest absolute Gasteiger partial charge is 0.419 e. The first-order valence-corrected chi connectivity index (χ1v) is 8.52. The van der Waals surface area contributed by atoms with E-state index in [1.165, 1.54) is 38.5 Å². The Labute approximate surface area is 130 Å². The predicted molar refractivity (Wildman–Crippen MR) is 81.8 cm³/mol. The van der Waals surface area contributed by atoms with Crippen molar-refractivity contribution in [1.82, 2.24) is 15.2 Å². The molecule has 0 aliphatic heterocycles.